The molecule has 37 heavy (non-hydrogen) atoms. The van der Waals surface area contributed by atoms with Crippen LogP contribution in [0.1, 0.15) is 82.7 Å². The van der Waals surface area contributed by atoms with Gasteiger partial charge in [0.2, 0.25) is 17.4 Å². The van der Waals surface area contributed by atoms with Crippen LogP contribution < -0.4 is 10.1 Å². The average Bonchev–Trinajstić information content (AvgIpc) is 2.89. The van der Waals surface area contributed by atoms with Crippen molar-refractivity contribution in [1.29, 1.82) is 0 Å². The first kappa shape index (κ1) is 26.4. The van der Waals surface area contributed by atoms with E-state index in [1.165, 1.54) is 61.9 Å². The summed E-state index contributed by atoms with van der Waals surface area (Å²) >= 11 is 0. The molecule has 4 rings (SSSR count). The molecule has 0 unspecified atom stereocenters. The highest BCUT2D eigenvalue weighted by Crippen LogP contribution is 2.32. The van der Waals surface area contributed by atoms with Gasteiger partial charge in [-0.05, 0) is 42.0 Å². The second kappa shape index (κ2) is 12.0. The van der Waals surface area contributed by atoms with E-state index in [0.29, 0.717) is 11.5 Å². The molecule has 0 aromatic heterocycles. The Hall–Kier alpha value is -3.68. The monoisotopic (exact) mass is 513 g/mol. The van der Waals surface area contributed by atoms with Crippen molar-refractivity contribution in [2.24, 2.45) is 0 Å². The summed E-state index contributed by atoms with van der Waals surface area (Å²) in [7, 11) is 0. The number of rotatable bonds is 6. The minimum atomic E-state index is -1.98. The van der Waals surface area contributed by atoms with Crippen LogP contribution in [0.4, 0.5) is 17.6 Å². The molecule has 194 valence electrons. The van der Waals surface area contributed by atoms with Gasteiger partial charge in [0.05, 0.1) is 5.56 Å². The van der Waals surface area contributed by atoms with E-state index in [-0.39, 0.29) is 12.1 Å². The smallest absolute Gasteiger partial charge is 0.343 e. The lowest BCUT2D eigenvalue weighted by molar-refractivity contribution is 0.0717. The zero-order valence-electron chi connectivity index (χ0n) is 20.2. The number of benzene rings is 3. The Labute approximate surface area is 212 Å². The molecule has 0 heterocycles. The van der Waals surface area contributed by atoms with Gasteiger partial charge in [0.15, 0.2) is 11.6 Å². The molecule has 0 aliphatic heterocycles. The van der Waals surface area contributed by atoms with Crippen LogP contribution in [-0.4, -0.2) is 11.9 Å². The predicted octanol–water partition coefficient (Wildman–Crippen LogP) is 7.22. The van der Waals surface area contributed by atoms with Crippen molar-refractivity contribution in [2.75, 3.05) is 0 Å². The largest absolute Gasteiger partial charge is 0.416 e. The summed E-state index contributed by atoms with van der Waals surface area (Å²) < 4.78 is 62.9. The highest BCUT2D eigenvalue weighted by atomic mass is 19.2. The van der Waals surface area contributed by atoms with Gasteiger partial charge in [-0.25, -0.2) is 13.6 Å². The fourth-order valence-corrected chi connectivity index (χ4v) is 4.59. The third-order valence-electron chi connectivity index (χ3n) is 6.66. The van der Waals surface area contributed by atoms with Gasteiger partial charge in [-0.15, -0.1) is 0 Å². The third-order valence-corrected chi connectivity index (χ3v) is 6.66. The lowest BCUT2D eigenvalue weighted by Crippen LogP contribution is -2.26. The molecule has 1 aliphatic rings. The highest BCUT2D eigenvalue weighted by molar-refractivity contribution is 5.95. The Kier molecular flexibility index (Phi) is 8.58. The Morgan fingerprint density at radius 3 is 1.92 bits per heavy atom. The lowest BCUT2D eigenvalue weighted by atomic mass is 9.86. The van der Waals surface area contributed by atoms with Crippen molar-refractivity contribution in [1.82, 2.24) is 5.32 Å². The maximum atomic E-state index is 14.6. The van der Waals surface area contributed by atoms with E-state index < -0.39 is 46.5 Å². The molecular formula is C29H27F4NO3. The summed E-state index contributed by atoms with van der Waals surface area (Å²) in [5.41, 5.74) is 0.363. The topological polar surface area (TPSA) is 55.4 Å². The second-order valence-electron chi connectivity index (χ2n) is 9.18. The molecule has 1 N–H and O–H groups in total. The second-order valence-corrected chi connectivity index (χ2v) is 9.18. The van der Waals surface area contributed by atoms with E-state index in [4.69, 9.17) is 0 Å². The highest BCUT2D eigenvalue weighted by Gasteiger charge is 2.31. The van der Waals surface area contributed by atoms with E-state index in [2.05, 4.69) is 10.1 Å². The van der Waals surface area contributed by atoms with Gasteiger partial charge in [0, 0.05) is 6.54 Å². The summed E-state index contributed by atoms with van der Waals surface area (Å²) in [6.07, 6.45) is 8.40. The summed E-state index contributed by atoms with van der Waals surface area (Å²) in [6, 6.07) is 14.7. The summed E-state index contributed by atoms with van der Waals surface area (Å²) in [4.78, 5) is 24.6. The number of hydrogen-bond donors (Lipinski definition) is 1. The van der Waals surface area contributed by atoms with Crippen molar-refractivity contribution in [3.05, 3.63) is 100 Å². The standard InChI is InChI=1S/C29H27F4NO3/c30-23-22(24(31)26(33)27(25(23)32)37-29(36)21-11-7-4-8-12-21)28(35)34-17-18-13-15-20(16-14-18)19-9-5-2-1-3-6-10-19/h4,7-8,11-16,19H,1-3,5-6,9-10,17H2,(H,34,35). The Balaban J connectivity index is 1.45. The molecule has 4 nitrogen and oxygen atoms in total. The summed E-state index contributed by atoms with van der Waals surface area (Å²) in [5.74, 6) is -11.5. The fourth-order valence-electron chi connectivity index (χ4n) is 4.59. The van der Waals surface area contributed by atoms with Crippen molar-refractivity contribution in [3.8, 4) is 5.75 Å². The molecule has 3 aromatic rings. The van der Waals surface area contributed by atoms with Gasteiger partial charge in [0.1, 0.15) is 5.56 Å². The van der Waals surface area contributed by atoms with Crippen LogP contribution in [0.3, 0.4) is 0 Å². The zero-order valence-corrected chi connectivity index (χ0v) is 20.2. The molecular weight excluding hydrogens is 486 g/mol. The maximum absolute atomic E-state index is 14.6. The fraction of sp³-hybridized carbons (Fsp3) is 0.310. The molecule has 0 bridgehead atoms. The number of esters is 1. The van der Waals surface area contributed by atoms with Gasteiger partial charge < -0.3 is 10.1 Å². The Morgan fingerprint density at radius 2 is 1.32 bits per heavy atom. The summed E-state index contributed by atoms with van der Waals surface area (Å²) in [6.45, 7) is -0.101. The van der Waals surface area contributed by atoms with E-state index in [1.54, 1.807) is 6.07 Å². The van der Waals surface area contributed by atoms with Crippen molar-refractivity contribution in [3.63, 3.8) is 0 Å². The molecule has 1 saturated carbocycles. The Bertz CT molecular complexity index is 1230. The first-order valence-corrected chi connectivity index (χ1v) is 12.4. The van der Waals surface area contributed by atoms with Crippen molar-refractivity contribution in [2.45, 2.75) is 57.4 Å². The molecule has 0 spiro atoms. The van der Waals surface area contributed by atoms with Crippen LogP contribution >= 0.6 is 0 Å². The lowest BCUT2D eigenvalue weighted by Gasteiger charge is -2.20. The molecule has 1 amide bonds. The minimum Gasteiger partial charge on any atom is -0.416 e. The molecule has 0 saturated heterocycles. The minimum absolute atomic E-state index is 0.0792. The van der Waals surface area contributed by atoms with E-state index >= 15 is 0 Å². The van der Waals surface area contributed by atoms with Crippen LogP contribution in [0.15, 0.2) is 54.6 Å². The SMILES string of the molecule is O=C(Oc1c(F)c(F)c(C(=O)NCc2ccc(C3CCCCCCC3)cc2)c(F)c1F)c1ccccc1. The van der Waals surface area contributed by atoms with Crippen molar-refractivity contribution >= 4 is 11.9 Å². The number of carbonyl (C=O) groups excluding carboxylic acids is 2. The van der Waals surface area contributed by atoms with Gasteiger partial charge in [0.25, 0.3) is 5.91 Å². The van der Waals surface area contributed by atoms with Gasteiger partial charge in [-0.3, -0.25) is 4.79 Å². The van der Waals surface area contributed by atoms with Gasteiger partial charge in [-0.2, -0.15) is 8.78 Å². The molecule has 8 heteroatoms. The first-order valence-electron chi connectivity index (χ1n) is 12.4. The number of ether oxygens (including phenoxy) is 1. The molecule has 1 fully saturated rings. The van der Waals surface area contributed by atoms with Crippen LogP contribution in [0, 0.1) is 23.3 Å². The zero-order chi connectivity index (χ0) is 26.4. The predicted molar refractivity (Wildman–Crippen MR) is 130 cm³/mol. The molecule has 0 atom stereocenters. The number of nitrogens with one attached hydrogen (secondary N) is 1. The quantitative estimate of drug-likeness (QED) is 0.164. The van der Waals surface area contributed by atoms with Crippen LogP contribution in [0.25, 0.3) is 0 Å². The van der Waals surface area contributed by atoms with E-state index in [1.807, 2.05) is 24.3 Å². The number of carbonyl (C=O) groups is 2. The number of hydrogen-bond acceptors (Lipinski definition) is 3. The van der Waals surface area contributed by atoms with Gasteiger partial charge >= 0.3 is 5.97 Å². The number of halogens is 4. The van der Waals surface area contributed by atoms with Crippen molar-refractivity contribution < 1.29 is 31.9 Å². The molecule has 3 aromatic carbocycles. The summed E-state index contributed by atoms with van der Waals surface area (Å²) in [5, 5.41) is 2.29. The maximum Gasteiger partial charge on any atom is 0.343 e. The van der Waals surface area contributed by atoms with E-state index in [0.717, 1.165) is 12.8 Å². The van der Waals surface area contributed by atoms with Crippen LogP contribution in [-0.2, 0) is 6.54 Å². The molecule has 1 aliphatic carbocycles. The van der Waals surface area contributed by atoms with Crippen LogP contribution in [0.2, 0.25) is 0 Å². The third kappa shape index (κ3) is 6.18. The van der Waals surface area contributed by atoms with E-state index in [9.17, 15) is 27.2 Å². The van der Waals surface area contributed by atoms with Crippen LogP contribution in [0.5, 0.6) is 5.75 Å². The molecule has 0 radical (unpaired) electrons. The number of amides is 1. The normalized spacial score (nSPS) is 14.5. The Morgan fingerprint density at radius 1 is 0.757 bits per heavy atom. The van der Waals surface area contributed by atoms with Gasteiger partial charge in [-0.1, -0.05) is 74.6 Å². The first-order chi connectivity index (χ1) is 17.9. The average molecular weight is 514 g/mol.